The summed E-state index contributed by atoms with van der Waals surface area (Å²) in [7, 11) is 0. The first-order valence-electron chi connectivity index (χ1n) is 5.29. The highest BCUT2D eigenvalue weighted by molar-refractivity contribution is 6.33. The van der Waals surface area contributed by atoms with E-state index in [2.05, 4.69) is 10.3 Å². The second kappa shape index (κ2) is 5.89. The molecular weight excluding hydrogens is 275 g/mol. The molecule has 0 aliphatic carbocycles. The molecule has 0 saturated carbocycles. The zero-order valence-electron chi connectivity index (χ0n) is 9.32. The van der Waals surface area contributed by atoms with Crippen molar-refractivity contribution in [2.45, 2.75) is 6.42 Å². The largest absolute Gasteiger partial charge is 0.469 e. The van der Waals surface area contributed by atoms with Crippen molar-refractivity contribution in [3.63, 3.8) is 0 Å². The molecule has 6 heteroatoms. The minimum absolute atomic E-state index is 0.193. The Bertz CT molecular complexity index is 521. The van der Waals surface area contributed by atoms with Crippen LogP contribution in [0, 0.1) is 0 Å². The zero-order valence-corrected chi connectivity index (χ0v) is 10.8. The third kappa shape index (κ3) is 3.48. The van der Waals surface area contributed by atoms with Crippen molar-refractivity contribution in [3.05, 3.63) is 52.2 Å². The summed E-state index contributed by atoms with van der Waals surface area (Å²) in [6.07, 6.45) is 2.23. The second-order valence-corrected chi connectivity index (χ2v) is 4.36. The molecule has 94 valence electrons. The van der Waals surface area contributed by atoms with Gasteiger partial charge in [0.15, 0.2) is 0 Å². The lowest BCUT2D eigenvalue weighted by molar-refractivity contribution is 0.0953. The van der Waals surface area contributed by atoms with E-state index >= 15 is 0 Å². The number of amides is 1. The summed E-state index contributed by atoms with van der Waals surface area (Å²) >= 11 is 11.4. The molecule has 18 heavy (non-hydrogen) atoms. The maximum absolute atomic E-state index is 11.8. The number of rotatable bonds is 4. The number of hydrogen-bond donors (Lipinski definition) is 1. The summed E-state index contributed by atoms with van der Waals surface area (Å²) in [6, 6.07) is 6.59. The fourth-order valence-electron chi connectivity index (χ4n) is 1.45. The average molecular weight is 285 g/mol. The Morgan fingerprint density at radius 3 is 2.67 bits per heavy atom. The second-order valence-electron chi connectivity index (χ2n) is 3.59. The van der Waals surface area contributed by atoms with Gasteiger partial charge in [-0.1, -0.05) is 23.2 Å². The minimum atomic E-state index is -0.243. The van der Waals surface area contributed by atoms with Gasteiger partial charge in [-0.05, 0) is 24.3 Å². The van der Waals surface area contributed by atoms with Gasteiger partial charge in [-0.2, -0.15) is 0 Å². The van der Waals surface area contributed by atoms with Crippen molar-refractivity contribution in [1.82, 2.24) is 10.3 Å². The SMILES string of the molecule is O=C(NCCc1ccco1)c1cc(Cl)nc(Cl)c1. The van der Waals surface area contributed by atoms with Crippen molar-refractivity contribution in [1.29, 1.82) is 0 Å². The molecule has 2 aromatic heterocycles. The molecule has 0 radical (unpaired) electrons. The predicted octanol–water partition coefficient (Wildman–Crippen LogP) is 2.95. The van der Waals surface area contributed by atoms with E-state index < -0.39 is 0 Å². The van der Waals surface area contributed by atoms with E-state index in [0.717, 1.165) is 5.76 Å². The molecule has 2 aromatic rings. The summed E-state index contributed by atoms with van der Waals surface area (Å²) in [5.41, 5.74) is 0.388. The van der Waals surface area contributed by atoms with Gasteiger partial charge in [0.25, 0.3) is 5.91 Å². The molecular formula is C12H10Cl2N2O2. The molecule has 4 nitrogen and oxygen atoms in total. The van der Waals surface area contributed by atoms with Crippen molar-refractivity contribution >= 4 is 29.1 Å². The maximum Gasteiger partial charge on any atom is 0.251 e. The summed E-state index contributed by atoms with van der Waals surface area (Å²) in [5.74, 6) is 0.578. The van der Waals surface area contributed by atoms with Gasteiger partial charge in [0.2, 0.25) is 0 Å². The monoisotopic (exact) mass is 284 g/mol. The summed E-state index contributed by atoms with van der Waals surface area (Å²) in [4.78, 5) is 15.6. The van der Waals surface area contributed by atoms with Crippen LogP contribution in [0.4, 0.5) is 0 Å². The van der Waals surface area contributed by atoms with E-state index in [1.807, 2.05) is 6.07 Å². The van der Waals surface area contributed by atoms with Crippen LogP contribution >= 0.6 is 23.2 Å². The molecule has 0 atom stereocenters. The third-order valence-electron chi connectivity index (χ3n) is 2.26. The van der Waals surface area contributed by atoms with Gasteiger partial charge >= 0.3 is 0 Å². The molecule has 2 rings (SSSR count). The number of aromatic nitrogens is 1. The summed E-state index contributed by atoms with van der Waals surface area (Å²) < 4.78 is 5.16. The molecule has 0 saturated heterocycles. The fraction of sp³-hybridized carbons (Fsp3) is 0.167. The Morgan fingerprint density at radius 2 is 2.06 bits per heavy atom. The highest BCUT2D eigenvalue weighted by Crippen LogP contribution is 2.14. The van der Waals surface area contributed by atoms with Gasteiger partial charge in [-0.15, -0.1) is 0 Å². The number of pyridine rings is 1. The topological polar surface area (TPSA) is 55.1 Å². The average Bonchev–Trinajstić information content (AvgIpc) is 2.80. The molecule has 0 fully saturated rings. The van der Waals surface area contributed by atoms with Crippen LogP contribution in [0.5, 0.6) is 0 Å². The highest BCUT2D eigenvalue weighted by atomic mass is 35.5. The van der Waals surface area contributed by atoms with Crippen LogP contribution in [0.2, 0.25) is 10.3 Å². The Kier molecular flexibility index (Phi) is 4.23. The predicted molar refractivity (Wildman–Crippen MR) is 69.0 cm³/mol. The van der Waals surface area contributed by atoms with Crippen LogP contribution in [0.1, 0.15) is 16.1 Å². The van der Waals surface area contributed by atoms with Gasteiger partial charge in [-0.25, -0.2) is 4.98 Å². The van der Waals surface area contributed by atoms with Gasteiger partial charge in [0, 0.05) is 18.5 Å². The third-order valence-corrected chi connectivity index (χ3v) is 2.65. The number of nitrogens with one attached hydrogen (secondary N) is 1. The van der Waals surface area contributed by atoms with E-state index in [0.29, 0.717) is 18.5 Å². The van der Waals surface area contributed by atoms with Crippen molar-refractivity contribution < 1.29 is 9.21 Å². The Morgan fingerprint density at radius 1 is 1.33 bits per heavy atom. The molecule has 0 unspecified atom stereocenters. The number of nitrogens with zero attached hydrogens (tertiary/aromatic N) is 1. The van der Waals surface area contributed by atoms with Gasteiger partial charge in [0.1, 0.15) is 16.1 Å². The number of carbonyl (C=O) groups excluding carboxylic acids is 1. The van der Waals surface area contributed by atoms with Crippen molar-refractivity contribution in [2.75, 3.05) is 6.54 Å². The first-order valence-corrected chi connectivity index (χ1v) is 6.04. The summed E-state index contributed by atoms with van der Waals surface area (Å²) in [6.45, 7) is 0.476. The molecule has 1 amide bonds. The Hall–Kier alpha value is -1.52. The van der Waals surface area contributed by atoms with Gasteiger partial charge < -0.3 is 9.73 Å². The first-order chi connectivity index (χ1) is 8.65. The molecule has 0 aliphatic heterocycles. The van der Waals surface area contributed by atoms with E-state index in [1.54, 1.807) is 12.3 Å². The van der Waals surface area contributed by atoms with Gasteiger partial charge in [0.05, 0.1) is 6.26 Å². The van der Waals surface area contributed by atoms with Crippen LogP contribution in [-0.2, 0) is 6.42 Å². The number of halogens is 2. The molecule has 0 spiro atoms. The number of carbonyl (C=O) groups is 1. The normalized spacial score (nSPS) is 10.3. The number of furan rings is 1. The van der Waals surface area contributed by atoms with E-state index in [4.69, 9.17) is 27.6 Å². The lowest BCUT2D eigenvalue weighted by Gasteiger charge is -2.04. The molecule has 0 aliphatic rings. The van der Waals surface area contributed by atoms with Gasteiger partial charge in [-0.3, -0.25) is 4.79 Å². The maximum atomic E-state index is 11.8. The lowest BCUT2D eigenvalue weighted by Crippen LogP contribution is -2.25. The van der Waals surface area contributed by atoms with Crippen LogP contribution in [0.3, 0.4) is 0 Å². The molecule has 1 N–H and O–H groups in total. The summed E-state index contributed by atoms with van der Waals surface area (Å²) in [5, 5.41) is 3.13. The fourth-order valence-corrected chi connectivity index (χ4v) is 1.91. The standard InChI is InChI=1S/C12H10Cl2N2O2/c13-10-6-8(7-11(14)16-10)12(17)15-4-3-9-2-1-5-18-9/h1-2,5-7H,3-4H2,(H,15,17). The van der Waals surface area contributed by atoms with Crippen LogP contribution in [0.25, 0.3) is 0 Å². The number of hydrogen-bond acceptors (Lipinski definition) is 3. The van der Waals surface area contributed by atoms with Crippen molar-refractivity contribution in [3.8, 4) is 0 Å². The molecule has 2 heterocycles. The van der Waals surface area contributed by atoms with Crippen molar-refractivity contribution in [2.24, 2.45) is 0 Å². The lowest BCUT2D eigenvalue weighted by atomic mass is 10.2. The van der Waals surface area contributed by atoms with E-state index in [-0.39, 0.29) is 16.2 Å². The Balaban J connectivity index is 1.91. The molecule has 0 aromatic carbocycles. The van der Waals surface area contributed by atoms with E-state index in [9.17, 15) is 4.79 Å². The minimum Gasteiger partial charge on any atom is -0.469 e. The van der Waals surface area contributed by atoms with Crippen LogP contribution in [-0.4, -0.2) is 17.4 Å². The molecule has 0 bridgehead atoms. The first kappa shape index (κ1) is 12.9. The zero-order chi connectivity index (χ0) is 13.0. The highest BCUT2D eigenvalue weighted by Gasteiger charge is 2.08. The Labute approximate surface area is 114 Å². The van der Waals surface area contributed by atoms with Crippen LogP contribution in [0.15, 0.2) is 34.9 Å². The van der Waals surface area contributed by atoms with E-state index in [1.165, 1.54) is 12.1 Å². The van der Waals surface area contributed by atoms with Crippen LogP contribution < -0.4 is 5.32 Å². The smallest absolute Gasteiger partial charge is 0.251 e. The quantitative estimate of drug-likeness (QED) is 0.879.